The molecule has 126 valence electrons. The summed E-state index contributed by atoms with van der Waals surface area (Å²) in [6.45, 7) is 3.17. The number of unbranched alkanes of at least 4 members (excludes halogenated alkanes) is 1. The van der Waals surface area contributed by atoms with Gasteiger partial charge in [-0.25, -0.2) is 0 Å². The fourth-order valence-corrected chi connectivity index (χ4v) is 2.04. The lowest BCUT2D eigenvalue weighted by molar-refractivity contribution is -0.116. The third-order valence-corrected chi connectivity index (χ3v) is 3.39. The van der Waals surface area contributed by atoms with E-state index in [9.17, 15) is 4.79 Å². The molecule has 1 heterocycles. The van der Waals surface area contributed by atoms with Crippen LogP contribution < -0.4 is 15.8 Å². The summed E-state index contributed by atoms with van der Waals surface area (Å²) in [7, 11) is 0. The van der Waals surface area contributed by atoms with Gasteiger partial charge in [-0.1, -0.05) is 25.5 Å². The topological polar surface area (TPSA) is 77.2 Å². The van der Waals surface area contributed by atoms with Gasteiger partial charge >= 0.3 is 0 Å². The first-order valence-corrected chi connectivity index (χ1v) is 8.07. The Kier molecular flexibility index (Phi) is 6.83. The van der Waals surface area contributed by atoms with E-state index in [4.69, 9.17) is 10.5 Å². The molecule has 0 saturated heterocycles. The molecule has 0 aliphatic rings. The normalized spacial score (nSPS) is 10.7. The number of pyridine rings is 1. The van der Waals surface area contributed by atoms with Gasteiger partial charge in [-0.2, -0.15) is 0 Å². The van der Waals surface area contributed by atoms with Crippen LogP contribution in [0.15, 0.2) is 48.7 Å². The van der Waals surface area contributed by atoms with E-state index in [1.807, 2.05) is 30.3 Å². The van der Waals surface area contributed by atoms with Gasteiger partial charge in [-0.05, 0) is 42.3 Å². The predicted molar refractivity (Wildman–Crippen MR) is 96.4 cm³/mol. The molecule has 5 nitrogen and oxygen atoms in total. The third kappa shape index (κ3) is 5.76. The molecule has 0 bridgehead atoms. The van der Waals surface area contributed by atoms with E-state index in [0.717, 1.165) is 24.1 Å². The molecule has 3 N–H and O–H groups in total. The highest BCUT2D eigenvalue weighted by Crippen LogP contribution is 2.23. The molecule has 24 heavy (non-hydrogen) atoms. The number of nitrogen functional groups attached to an aromatic ring is 1. The number of hydrogen-bond donors (Lipinski definition) is 2. The van der Waals surface area contributed by atoms with Gasteiger partial charge in [0.25, 0.3) is 0 Å². The van der Waals surface area contributed by atoms with Crippen LogP contribution in [0.4, 0.5) is 5.69 Å². The fraction of sp³-hybridized carbons (Fsp3) is 0.263. The summed E-state index contributed by atoms with van der Waals surface area (Å²) < 4.78 is 5.61. The van der Waals surface area contributed by atoms with Gasteiger partial charge in [0.2, 0.25) is 5.91 Å². The van der Waals surface area contributed by atoms with Crippen molar-refractivity contribution in [2.75, 3.05) is 12.3 Å². The van der Waals surface area contributed by atoms with Gasteiger partial charge in [0.1, 0.15) is 5.75 Å². The number of nitrogens with two attached hydrogens (primary N) is 1. The smallest absolute Gasteiger partial charge is 0.244 e. The largest absolute Gasteiger partial charge is 0.491 e. The maximum Gasteiger partial charge on any atom is 0.244 e. The molecule has 0 saturated carbocycles. The van der Waals surface area contributed by atoms with Crippen LogP contribution in [0.5, 0.6) is 5.75 Å². The Hall–Kier alpha value is -2.82. The lowest BCUT2D eigenvalue weighted by Gasteiger charge is -2.08. The van der Waals surface area contributed by atoms with Crippen LogP contribution in [0, 0.1) is 0 Å². The van der Waals surface area contributed by atoms with E-state index < -0.39 is 0 Å². The van der Waals surface area contributed by atoms with E-state index in [2.05, 4.69) is 17.2 Å². The second kappa shape index (κ2) is 9.35. The lowest BCUT2D eigenvalue weighted by Crippen LogP contribution is -2.20. The summed E-state index contributed by atoms with van der Waals surface area (Å²) in [5.74, 6) is 0.503. The molecule has 5 heteroatoms. The molecule has 0 aliphatic carbocycles. The molecular formula is C19H23N3O2. The van der Waals surface area contributed by atoms with E-state index in [1.165, 1.54) is 6.08 Å². The Labute approximate surface area is 142 Å². The number of aromatic nitrogens is 1. The highest BCUT2D eigenvalue weighted by molar-refractivity contribution is 5.91. The summed E-state index contributed by atoms with van der Waals surface area (Å²) in [6, 6.07) is 11.1. The van der Waals surface area contributed by atoms with Crippen LogP contribution >= 0.6 is 0 Å². The van der Waals surface area contributed by atoms with Crippen LogP contribution in [0.25, 0.3) is 6.08 Å². The first kappa shape index (κ1) is 17.5. The number of carbonyl (C=O) groups excluding carboxylic acids is 1. The van der Waals surface area contributed by atoms with Crippen LogP contribution in [-0.2, 0) is 11.3 Å². The number of benzene rings is 1. The Morgan fingerprint density at radius 2 is 2.21 bits per heavy atom. The maximum atomic E-state index is 11.8. The van der Waals surface area contributed by atoms with Crippen molar-refractivity contribution in [1.82, 2.24) is 10.3 Å². The molecule has 0 spiro atoms. The van der Waals surface area contributed by atoms with Gasteiger partial charge in [-0.3, -0.25) is 9.78 Å². The molecule has 0 atom stereocenters. The molecule has 0 radical (unpaired) electrons. The minimum Gasteiger partial charge on any atom is -0.491 e. The van der Waals surface area contributed by atoms with Gasteiger partial charge in [0, 0.05) is 12.3 Å². The van der Waals surface area contributed by atoms with Crippen molar-refractivity contribution in [2.24, 2.45) is 0 Å². The van der Waals surface area contributed by atoms with Crippen molar-refractivity contribution < 1.29 is 9.53 Å². The molecule has 2 aromatic rings. The van der Waals surface area contributed by atoms with Crippen molar-refractivity contribution in [3.05, 3.63) is 59.9 Å². The van der Waals surface area contributed by atoms with E-state index in [0.29, 0.717) is 24.6 Å². The fourth-order valence-electron chi connectivity index (χ4n) is 2.04. The number of ether oxygens (including phenoxy) is 1. The lowest BCUT2D eigenvalue weighted by atomic mass is 10.1. The second-order valence-electron chi connectivity index (χ2n) is 5.37. The summed E-state index contributed by atoms with van der Waals surface area (Å²) >= 11 is 0. The van der Waals surface area contributed by atoms with Crippen molar-refractivity contribution in [2.45, 2.75) is 26.3 Å². The standard InChI is InChI=1S/C19H23N3O2/c1-2-3-12-24-18-9-7-15(13-17(18)20)8-10-19(23)22-14-16-6-4-5-11-21-16/h4-11,13H,2-3,12,14,20H2,1H3,(H,22,23)/b10-8-. The molecule has 1 aromatic carbocycles. The van der Waals surface area contributed by atoms with Crippen molar-refractivity contribution >= 4 is 17.7 Å². The van der Waals surface area contributed by atoms with Crippen LogP contribution in [0.3, 0.4) is 0 Å². The first-order chi connectivity index (χ1) is 11.7. The number of nitrogens with zero attached hydrogens (tertiary/aromatic N) is 1. The molecule has 0 unspecified atom stereocenters. The Balaban J connectivity index is 1.86. The highest BCUT2D eigenvalue weighted by Gasteiger charge is 2.02. The van der Waals surface area contributed by atoms with Crippen LogP contribution in [0.1, 0.15) is 31.0 Å². The van der Waals surface area contributed by atoms with E-state index >= 15 is 0 Å². The zero-order chi connectivity index (χ0) is 17.2. The minimum absolute atomic E-state index is 0.178. The van der Waals surface area contributed by atoms with Crippen molar-refractivity contribution in [3.8, 4) is 5.75 Å². The second-order valence-corrected chi connectivity index (χ2v) is 5.37. The summed E-state index contributed by atoms with van der Waals surface area (Å²) in [6.07, 6.45) is 6.98. The molecule has 1 amide bonds. The van der Waals surface area contributed by atoms with Gasteiger partial charge in [-0.15, -0.1) is 0 Å². The molecule has 0 aliphatic heterocycles. The van der Waals surface area contributed by atoms with E-state index in [-0.39, 0.29) is 5.91 Å². The molecule has 2 rings (SSSR count). The average molecular weight is 325 g/mol. The maximum absolute atomic E-state index is 11.8. The van der Waals surface area contributed by atoms with Gasteiger partial charge in [0.15, 0.2) is 0 Å². The van der Waals surface area contributed by atoms with E-state index in [1.54, 1.807) is 18.3 Å². The van der Waals surface area contributed by atoms with Crippen molar-refractivity contribution in [1.29, 1.82) is 0 Å². The first-order valence-electron chi connectivity index (χ1n) is 8.07. The Morgan fingerprint density at radius 3 is 2.92 bits per heavy atom. The zero-order valence-corrected chi connectivity index (χ0v) is 13.9. The number of hydrogen-bond acceptors (Lipinski definition) is 4. The van der Waals surface area contributed by atoms with Gasteiger partial charge in [0.05, 0.1) is 24.5 Å². The SMILES string of the molecule is CCCCOc1ccc(/C=C\C(=O)NCc2ccccn2)cc1N. The number of nitrogens with one attached hydrogen (secondary N) is 1. The monoisotopic (exact) mass is 325 g/mol. The minimum atomic E-state index is -0.178. The third-order valence-electron chi connectivity index (χ3n) is 3.39. The summed E-state index contributed by atoms with van der Waals surface area (Å²) in [5.41, 5.74) is 8.22. The van der Waals surface area contributed by atoms with Gasteiger partial charge < -0.3 is 15.8 Å². The average Bonchev–Trinajstić information content (AvgIpc) is 2.61. The molecular weight excluding hydrogens is 302 g/mol. The van der Waals surface area contributed by atoms with Crippen LogP contribution in [-0.4, -0.2) is 17.5 Å². The highest BCUT2D eigenvalue weighted by atomic mass is 16.5. The Morgan fingerprint density at radius 1 is 1.33 bits per heavy atom. The Bertz CT molecular complexity index is 684. The predicted octanol–water partition coefficient (Wildman–Crippen LogP) is 3.17. The molecule has 0 fully saturated rings. The number of rotatable bonds is 8. The quantitative estimate of drug-likeness (QED) is 0.444. The number of anilines is 1. The molecule has 1 aromatic heterocycles. The number of carbonyl (C=O) groups is 1. The number of amides is 1. The van der Waals surface area contributed by atoms with Crippen molar-refractivity contribution in [3.63, 3.8) is 0 Å². The zero-order valence-electron chi connectivity index (χ0n) is 13.9. The summed E-state index contributed by atoms with van der Waals surface area (Å²) in [5, 5.41) is 2.79. The van der Waals surface area contributed by atoms with Crippen LogP contribution in [0.2, 0.25) is 0 Å². The summed E-state index contributed by atoms with van der Waals surface area (Å²) in [4.78, 5) is 16.0.